The third kappa shape index (κ3) is 5.07. The van der Waals surface area contributed by atoms with Crippen LogP contribution in [-0.2, 0) is 0 Å². The van der Waals surface area contributed by atoms with E-state index >= 15 is 0 Å². The second-order valence-corrected chi connectivity index (χ2v) is 14.8. The fourth-order valence-electron chi connectivity index (χ4n) is 8.77. The summed E-state index contributed by atoms with van der Waals surface area (Å²) < 4.78 is 6.33. The molecule has 0 aliphatic carbocycles. The van der Waals surface area contributed by atoms with Gasteiger partial charge in [-0.1, -0.05) is 140 Å². The van der Waals surface area contributed by atoms with Crippen molar-refractivity contribution in [3.8, 4) is 56.4 Å². The Morgan fingerprint density at radius 2 is 1.00 bits per heavy atom. The maximum absolute atomic E-state index is 6.33. The average Bonchev–Trinajstić information content (AvgIpc) is 3.68. The van der Waals surface area contributed by atoms with Crippen LogP contribution in [0.1, 0.15) is 0 Å². The lowest BCUT2D eigenvalue weighted by Crippen LogP contribution is -2.15. The van der Waals surface area contributed by atoms with E-state index in [0.717, 1.165) is 77.2 Å². The molecule has 1 aliphatic rings. The molecule has 0 saturated heterocycles. The van der Waals surface area contributed by atoms with Gasteiger partial charge in [0.25, 0.3) is 0 Å². The summed E-state index contributed by atoms with van der Waals surface area (Å²) in [7, 11) is 0. The van der Waals surface area contributed by atoms with E-state index in [-0.39, 0.29) is 0 Å². The molecular weight excluding hydrogens is 709 g/mol. The number of anilines is 3. The second-order valence-electron chi connectivity index (χ2n) is 14.8. The van der Waals surface area contributed by atoms with Gasteiger partial charge in [0, 0.05) is 44.1 Å². The lowest BCUT2D eigenvalue weighted by molar-refractivity contribution is 0.669. The smallest absolute Gasteiger partial charge is 0.164 e. The van der Waals surface area contributed by atoms with Crippen molar-refractivity contribution in [3.63, 3.8) is 0 Å². The van der Waals surface area contributed by atoms with Crippen molar-refractivity contribution < 1.29 is 4.42 Å². The summed E-state index contributed by atoms with van der Waals surface area (Å²) in [5.74, 6) is 1.81. The van der Waals surface area contributed by atoms with Crippen molar-refractivity contribution in [2.75, 3.05) is 4.90 Å². The van der Waals surface area contributed by atoms with Gasteiger partial charge in [0.15, 0.2) is 17.5 Å². The Kier molecular flexibility index (Phi) is 7.16. The van der Waals surface area contributed by atoms with Gasteiger partial charge in [-0.15, -0.1) is 0 Å². The van der Waals surface area contributed by atoms with E-state index in [9.17, 15) is 0 Å². The molecule has 3 heterocycles. The van der Waals surface area contributed by atoms with E-state index in [1.54, 1.807) is 0 Å². The van der Waals surface area contributed by atoms with Crippen molar-refractivity contribution in [1.82, 2.24) is 15.0 Å². The van der Waals surface area contributed by atoms with E-state index in [1.807, 2.05) is 30.3 Å². The van der Waals surface area contributed by atoms with Crippen LogP contribution in [0.25, 0.3) is 99.9 Å². The summed E-state index contributed by atoms with van der Waals surface area (Å²) in [6.45, 7) is 0. The number of hydrogen-bond acceptors (Lipinski definition) is 5. The normalized spacial score (nSPS) is 12.1. The van der Waals surface area contributed by atoms with Crippen molar-refractivity contribution in [3.05, 3.63) is 194 Å². The highest BCUT2D eigenvalue weighted by Gasteiger charge is 2.28. The van der Waals surface area contributed by atoms with Crippen LogP contribution in [0.4, 0.5) is 17.1 Å². The van der Waals surface area contributed by atoms with Crippen molar-refractivity contribution in [2.24, 2.45) is 0 Å². The van der Waals surface area contributed by atoms with E-state index in [1.165, 1.54) is 22.3 Å². The Bertz CT molecular complexity index is 3410. The molecule has 1 aliphatic heterocycles. The van der Waals surface area contributed by atoms with Gasteiger partial charge < -0.3 is 9.32 Å². The molecule has 0 radical (unpaired) electrons. The maximum Gasteiger partial charge on any atom is 0.164 e. The molecule has 12 rings (SSSR count). The van der Waals surface area contributed by atoms with Crippen molar-refractivity contribution in [1.29, 1.82) is 0 Å². The summed E-state index contributed by atoms with van der Waals surface area (Å²) in [5.41, 5.74) is 12.4. The highest BCUT2D eigenvalue weighted by molar-refractivity contribution is 6.17. The number of rotatable bonds is 5. The van der Waals surface area contributed by atoms with E-state index in [0.29, 0.717) is 17.5 Å². The van der Waals surface area contributed by atoms with E-state index < -0.39 is 0 Å². The number of furan rings is 1. The number of aromatic nitrogens is 3. The van der Waals surface area contributed by atoms with Crippen LogP contribution in [0.15, 0.2) is 199 Å². The predicted molar refractivity (Wildman–Crippen MR) is 238 cm³/mol. The molecule has 0 spiro atoms. The van der Waals surface area contributed by atoms with Gasteiger partial charge in [0.1, 0.15) is 11.2 Å². The molecule has 0 N–H and O–H groups in total. The van der Waals surface area contributed by atoms with E-state index in [4.69, 9.17) is 19.4 Å². The Labute approximate surface area is 334 Å². The van der Waals surface area contributed by atoms with Gasteiger partial charge in [-0.2, -0.15) is 0 Å². The molecule has 2 aromatic heterocycles. The first-order valence-electron chi connectivity index (χ1n) is 19.5. The first-order valence-corrected chi connectivity index (χ1v) is 19.5. The van der Waals surface area contributed by atoms with Crippen LogP contribution < -0.4 is 4.90 Å². The second kappa shape index (κ2) is 12.8. The van der Waals surface area contributed by atoms with Gasteiger partial charge in [0.05, 0.1) is 11.4 Å². The number of fused-ring (bicyclic) bond motifs is 6. The lowest BCUT2D eigenvalue weighted by Gasteiger charge is -2.34. The Balaban J connectivity index is 1.13. The van der Waals surface area contributed by atoms with Gasteiger partial charge in [-0.3, -0.25) is 0 Å². The van der Waals surface area contributed by atoms with Gasteiger partial charge >= 0.3 is 0 Å². The zero-order chi connectivity index (χ0) is 38.2. The van der Waals surface area contributed by atoms with Crippen LogP contribution in [0.5, 0.6) is 0 Å². The molecule has 0 saturated carbocycles. The summed E-state index contributed by atoms with van der Waals surface area (Å²) in [6.07, 6.45) is 0. The molecule has 0 unspecified atom stereocenters. The quantitative estimate of drug-likeness (QED) is 0.176. The highest BCUT2D eigenvalue weighted by atomic mass is 16.3. The SMILES string of the molecule is c1ccc(-c2ccc3c(c2)-c2cccc4c(-c5nc(-c6ccc7ccccc7c6)nc(-c6cccc7oc8ccccc8c67)n5)ccc(c24)N3c2ccccc2)cc1. The third-order valence-corrected chi connectivity index (χ3v) is 11.4. The molecule has 0 bridgehead atoms. The topological polar surface area (TPSA) is 55.1 Å². The number of para-hydroxylation sites is 2. The minimum atomic E-state index is 0.592. The molecule has 0 fully saturated rings. The monoisotopic (exact) mass is 740 g/mol. The first-order chi connectivity index (χ1) is 28.7. The standard InChI is InChI=1S/C53H32N4O/c1-3-13-33(14-4-1)36-27-29-45-44(32-36)40-21-11-20-39-41(28-30-46(49(39)40)57(45)38-17-5-2-6-18-38)52-54-51(37-26-25-34-15-7-8-16-35(34)31-37)55-53(56-52)43-22-12-24-48-50(43)42-19-9-10-23-47(42)58-48/h1-32H. The van der Waals surface area contributed by atoms with Crippen LogP contribution in [0, 0.1) is 0 Å². The molecular formula is C53H32N4O. The molecule has 0 amide bonds. The number of hydrogen-bond donors (Lipinski definition) is 0. The summed E-state index contributed by atoms with van der Waals surface area (Å²) in [6, 6.07) is 68.1. The summed E-state index contributed by atoms with van der Waals surface area (Å²) in [5, 5.41) is 6.53. The molecule has 270 valence electrons. The van der Waals surface area contributed by atoms with Crippen LogP contribution in [0.3, 0.4) is 0 Å². The molecule has 5 heteroatoms. The Morgan fingerprint density at radius 1 is 0.345 bits per heavy atom. The maximum atomic E-state index is 6.33. The minimum Gasteiger partial charge on any atom is -0.456 e. The Hall–Kier alpha value is -7.89. The summed E-state index contributed by atoms with van der Waals surface area (Å²) in [4.78, 5) is 18.3. The third-order valence-electron chi connectivity index (χ3n) is 11.4. The van der Waals surface area contributed by atoms with Crippen LogP contribution in [-0.4, -0.2) is 15.0 Å². The van der Waals surface area contributed by atoms with Crippen LogP contribution >= 0.6 is 0 Å². The predicted octanol–water partition coefficient (Wildman–Crippen LogP) is 14.2. The van der Waals surface area contributed by atoms with Gasteiger partial charge in [0.2, 0.25) is 0 Å². The fraction of sp³-hybridized carbons (Fsp3) is 0. The zero-order valence-electron chi connectivity index (χ0n) is 31.2. The van der Waals surface area contributed by atoms with Gasteiger partial charge in [-0.25, -0.2) is 15.0 Å². The molecule has 58 heavy (non-hydrogen) atoms. The molecule has 5 nitrogen and oxygen atoms in total. The van der Waals surface area contributed by atoms with Crippen molar-refractivity contribution in [2.45, 2.75) is 0 Å². The zero-order valence-corrected chi connectivity index (χ0v) is 31.2. The number of benzene rings is 9. The van der Waals surface area contributed by atoms with Gasteiger partial charge in [-0.05, 0) is 87.4 Å². The highest BCUT2D eigenvalue weighted by Crippen LogP contribution is 2.53. The number of nitrogens with zero attached hydrogens (tertiary/aromatic N) is 4. The Morgan fingerprint density at radius 3 is 1.88 bits per heavy atom. The largest absolute Gasteiger partial charge is 0.456 e. The molecule has 9 aromatic carbocycles. The first kappa shape index (κ1) is 32.4. The van der Waals surface area contributed by atoms with Crippen molar-refractivity contribution >= 4 is 60.5 Å². The molecule has 11 aromatic rings. The molecule has 0 atom stereocenters. The fourth-order valence-corrected chi connectivity index (χ4v) is 8.77. The average molecular weight is 741 g/mol. The van der Waals surface area contributed by atoms with E-state index in [2.05, 4.69) is 169 Å². The van der Waals surface area contributed by atoms with Crippen LogP contribution in [0.2, 0.25) is 0 Å². The minimum absolute atomic E-state index is 0.592. The lowest BCUT2D eigenvalue weighted by atomic mass is 9.87. The summed E-state index contributed by atoms with van der Waals surface area (Å²) >= 11 is 0.